The summed E-state index contributed by atoms with van der Waals surface area (Å²) in [5.74, 6) is -2.46. The van der Waals surface area contributed by atoms with Crippen molar-refractivity contribution in [3.05, 3.63) is 5.53 Å². The molecule has 0 rings (SSSR count). The molecule has 0 bridgehead atoms. The molecule has 0 aromatic rings. The minimum absolute atomic E-state index is 0. The van der Waals surface area contributed by atoms with Gasteiger partial charge < -0.3 is 27.6 Å². The topological polar surface area (TPSA) is 155 Å². The molecule has 0 aliphatic heterocycles. The average Bonchev–Trinajstić information content (AvgIpc) is 1.84. The Hall–Kier alpha value is -1.43. The van der Waals surface area contributed by atoms with E-state index in [1.54, 1.807) is 0 Å². The first-order valence-electron chi connectivity index (χ1n) is 1.99. The number of carboxylic acid groups (broad SMARTS) is 1. The summed E-state index contributed by atoms with van der Waals surface area (Å²) in [4.78, 5) is 12.0. The number of nitrogens with two attached hydrogens (primary N) is 1. The number of aliphatic carboxylic acids is 1. The maximum absolute atomic E-state index is 9.82. The van der Waals surface area contributed by atoms with Gasteiger partial charge in [0, 0.05) is 0 Å². The fourth-order valence-electron chi connectivity index (χ4n) is 0.173. The molecule has 0 aromatic heterocycles. The van der Waals surface area contributed by atoms with Gasteiger partial charge in [0.25, 0.3) is 0 Å². The summed E-state index contributed by atoms with van der Waals surface area (Å²) in [6.45, 7) is 0. The van der Waals surface area contributed by atoms with E-state index in [1.807, 2.05) is 0 Å². The van der Waals surface area contributed by atoms with Gasteiger partial charge in [0.15, 0.2) is 0 Å². The van der Waals surface area contributed by atoms with Gasteiger partial charge in [-0.1, -0.05) is 0 Å². The van der Waals surface area contributed by atoms with Crippen molar-refractivity contribution in [1.29, 1.82) is 0 Å². The van der Waals surface area contributed by atoms with Crippen molar-refractivity contribution < 1.29 is 19.8 Å². The quantitative estimate of drug-likeness (QED) is 0.166. The number of rotatable bonds is 2. The minimum atomic E-state index is -1.64. The van der Waals surface area contributed by atoms with Crippen LogP contribution in [0.5, 0.6) is 0 Å². The van der Waals surface area contributed by atoms with Gasteiger partial charge >= 0.3 is 11.9 Å². The van der Waals surface area contributed by atoms with Crippen LogP contribution in [0.15, 0.2) is 0 Å². The first-order valence-corrected chi connectivity index (χ1v) is 1.99. The summed E-state index contributed by atoms with van der Waals surface area (Å²) in [7, 11) is 0. The molecule has 58 valence electrons. The molecule has 0 aliphatic rings. The van der Waals surface area contributed by atoms with E-state index in [9.17, 15) is 4.79 Å². The molecule has 0 radical (unpaired) electrons. The maximum atomic E-state index is 9.82. The Balaban J connectivity index is 0. The standard InChI is InChI=1S/C3H5N3O3.H3N/c4-1(3(8)9)2(7)6-5;/h1,7H,4H2,(H,8,9);1H3. The number of hydrogen-bond acceptors (Lipinski definition) is 3. The molecule has 0 aliphatic carbocycles. The Kier molecular flexibility index (Phi) is 5.06. The molecule has 1 unspecified atom stereocenters. The van der Waals surface area contributed by atoms with Gasteiger partial charge in [-0.2, -0.15) is 0 Å². The third kappa shape index (κ3) is 2.78. The molecule has 10 heavy (non-hydrogen) atoms. The van der Waals surface area contributed by atoms with Crippen LogP contribution in [0.4, 0.5) is 0 Å². The highest BCUT2D eigenvalue weighted by molar-refractivity contribution is 5.97. The highest BCUT2D eigenvalue weighted by atomic mass is 16.4. The summed E-state index contributed by atoms with van der Waals surface area (Å²) in [5.41, 5.74) is 12.5. The summed E-state index contributed by atoms with van der Waals surface area (Å²) < 4.78 is 0. The normalized spacial score (nSPS) is 10.5. The van der Waals surface area contributed by atoms with Crippen molar-refractivity contribution in [3.8, 4) is 0 Å². The van der Waals surface area contributed by atoms with Crippen LogP contribution in [0.1, 0.15) is 0 Å². The summed E-state index contributed by atoms with van der Waals surface area (Å²) in [6.07, 6.45) is 0. The van der Waals surface area contributed by atoms with Crippen molar-refractivity contribution in [3.63, 3.8) is 0 Å². The van der Waals surface area contributed by atoms with E-state index in [1.165, 1.54) is 0 Å². The van der Waals surface area contributed by atoms with Crippen LogP contribution in [0, 0.1) is 0 Å². The first kappa shape index (κ1) is 11.4. The van der Waals surface area contributed by atoms with E-state index in [-0.39, 0.29) is 6.15 Å². The van der Waals surface area contributed by atoms with Gasteiger partial charge in [0.05, 0.1) is 0 Å². The van der Waals surface area contributed by atoms with E-state index in [0.29, 0.717) is 0 Å². The lowest BCUT2D eigenvalue weighted by atomic mass is 10.3. The Morgan fingerprint density at radius 2 is 2.00 bits per heavy atom. The first-order chi connectivity index (χ1) is 4.09. The number of carboxylic acids is 1. The van der Waals surface area contributed by atoms with Crippen LogP contribution in [-0.2, 0) is 4.79 Å². The van der Waals surface area contributed by atoms with Crippen molar-refractivity contribution in [2.75, 3.05) is 0 Å². The Labute approximate surface area is 56.3 Å². The second-order valence-electron chi connectivity index (χ2n) is 1.27. The second-order valence-corrected chi connectivity index (χ2v) is 1.27. The number of nitrogens with zero attached hydrogens (tertiary/aromatic N) is 2. The molecule has 0 aromatic carbocycles. The zero-order valence-corrected chi connectivity index (χ0v) is 5.06. The van der Waals surface area contributed by atoms with E-state index in [2.05, 4.69) is 4.79 Å². The number of carbonyl (C=O) groups is 1. The van der Waals surface area contributed by atoms with Crippen molar-refractivity contribution in [2.45, 2.75) is 6.04 Å². The highest BCUT2D eigenvalue weighted by Gasteiger charge is 2.25. The fourth-order valence-corrected chi connectivity index (χ4v) is 0.173. The predicted octanol–water partition coefficient (Wildman–Crippen LogP) is -1.25. The average molecular weight is 148 g/mol. The zero-order valence-electron chi connectivity index (χ0n) is 5.06. The molecular weight excluding hydrogens is 140 g/mol. The van der Waals surface area contributed by atoms with Crippen LogP contribution in [0.25, 0.3) is 5.53 Å². The third-order valence-corrected chi connectivity index (χ3v) is 0.647. The second kappa shape index (κ2) is 4.45. The van der Waals surface area contributed by atoms with Crippen LogP contribution >= 0.6 is 0 Å². The lowest BCUT2D eigenvalue weighted by Crippen LogP contribution is -2.38. The van der Waals surface area contributed by atoms with Crippen LogP contribution in [0.3, 0.4) is 0 Å². The predicted molar refractivity (Wildman–Crippen MR) is 31.9 cm³/mol. The molecule has 0 fully saturated rings. The van der Waals surface area contributed by atoms with Gasteiger partial charge in [0.1, 0.15) is 0 Å². The molecule has 7 N–H and O–H groups in total. The minimum Gasteiger partial charge on any atom is -0.480 e. The zero-order chi connectivity index (χ0) is 7.44. The van der Waals surface area contributed by atoms with Crippen LogP contribution in [0.2, 0.25) is 0 Å². The molecule has 7 nitrogen and oxygen atoms in total. The fraction of sp³-hybridized carbons (Fsp3) is 0.333. The molecule has 7 heteroatoms. The summed E-state index contributed by atoms with van der Waals surface area (Å²) in [5, 5.41) is 16.3. The Morgan fingerprint density at radius 3 is 2.10 bits per heavy atom. The van der Waals surface area contributed by atoms with Gasteiger partial charge in [0.2, 0.25) is 6.04 Å². The van der Waals surface area contributed by atoms with Crippen molar-refractivity contribution >= 4 is 11.9 Å². The number of aliphatic hydroxyl groups is 1. The van der Waals surface area contributed by atoms with Crippen LogP contribution in [-0.4, -0.2) is 32.9 Å². The molecule has 0 saturated carbocycles. The highest BCUT2D eigenvalue weighted by Crippen LogP contribution is 1.75. The number of hydrogen-bond donors (Lipinski definition) is 4. The lowest BCUT2D eigenvalue weighted by Gasteiger charge is -1.91. The Bertz CT molecular complexity index is 173. The van der Waals surface area contributed by atoms with E-state index < -0.39 is 17.9 Å². The van der Waals surface area contributed by atoms with Gasteiger partial charge in [-0.3, -0.25) is 0 Å². The molecule has 0 heterocycles. The summed E-state index contributed by atoms with van der Waals surface area (Å²) >= 11 is 0. The maximum Gasteiger partial charge on any atom is 0.476 e. The van der Waals surface area contributed by atoms with Gasteiger partial charge in [-0.25, -0.2) is 4.79 Å². The smallest absolute Gasteiger partial charge is 0.476 e. The molecule has 0 spiro atoms. The largest absolute Gasteiger partial charge is 0.480 e. The van der Waals surface area contributed by atoms with Gasteiger partial charge in [-0.05, 0) is 0 Å². The monoisotopic (exact) mass is 148 g/mol. The molecular formula is C3H8N4O3. The molecule has 0 saturated heterocycles. The lowest BCUT2D eigenvalue weighted by molar-refractivity contribution is -0.138. The van der Waals surface area contributed by atoms with E-state index in [0.717, 1.165) is 0 Å². The third-order valence-electron chi connectivity index (χ3n) is 0.647. The molecule has 0 amide bonds. The van der Waals surface area contributed by atoms with E-state index >= 15 is 0 Å². The van der Waals surface area contributed by atoms with Crippen molar-refractivity contribution in [1.82, 2.24) is 6.15 Å². The van der Waals surface area contributed by atoms with Crippen molar-refractivity contribution in [2.24, 2.45) is 5.73 Å². The SMILES string of the molecule is N.[N-]=[N+]=C(O)C(N)C(=O)O. The van der Waals surface area contributed by atoms with Gasteiger partial charge in [-0.15, -0.1) is 4.79 Å². The summed E-state index contributed by atoms with van der Waals surface area (Å²) in [6, 6.07) is -1.64. The number of aliphatic hydroxyl groups excluding tert-OH is 1. The van der Waals surface area contributed by atoms with Crippen LogP contribution < -0.4 is 11.9 Å². The Morgan fingerprint density at radius 1 is 1.60 bits per heavy atom. The molecule has 1 atom stereocenters. The van der Waals surface area contributed by atoms with E-state index in [4.69, 9.17) is 21.5 Å².